The molecule has 4 heteroatoms. The quantitative estimate of drug-likeness (QED) is 0.804. The molecule has 0 saturated carbocycles. The summed E-state index contributed by atoms with van der Waals surface area (Å²) in [5.41, 5.74) is 0.957. The fourth-order valence-corrected chi connectivity index (χ4v) is 2.21. The molecule has 0 saturated heterocycles. The van der Waals surface area contributed by atoms with Crippen molar-refractivity contribution in [3.63, 3.8) is 0 Å². The number of rotatable bonds is 4. The molecule has 0 aliphatic carbocycles. The van der Waals surface area contributed by atoms with Crippen LogP contribution in [0.5, 0.6) is 0 Å². The second kappa shape index (κ2) is 5.82. The van der Waals surface area contributed by atoms with Gasteiger partial charge in [0.1, 0.15) is 0 Å². The molecular weight excluding hydrogens is 240 g/mol. The lowest BCUT2D eigenvalue weighted by Gasteiger charge is -2.07. The Morgan fingerprint density at radius 2 is 1.71 bits per heavy atom. The Morgan fingerprint density at radius 1 is 1.14 bits per heavy atom. The Hall–Kier alpha value is 0.0500. The van der Waals surface area contributed by atoms with Crippen molar-refractivity contribution in [2.75, 3.05) is 13.1 Å². The second-order valence-corrected chi connectivity index (χ2v) is 4.20. The van der Waals surface area contributed by atoms with Crippen LogP contribution < -0.4 is 5.32 Å². The van der Waals surface area contributed by atoms with Crippen LogP contribution in [0, 0.1) is 0 Å². The van der Waals surface area contributed by atoms with E-state index in [9.17, 15) is 0 Å². The molecule has 0 bridgehead atoms. The Labute approximate surface area is 99.4 Å². The van der Waals surface area contributed by atoms with E-state index >= 15 is 0 Å². The minimum atomic E-state index is 0.576. The molecule has 0 aliphatic rings. The zero-order valence-corrected chi connectivity index (χ0v) is 10.2. The van der Waals surface area contributed by atoms with Crippen LogP contribution in [0.25, 0.3) is 0 Å². The molecule has 1 aromatic carbocycles. The van der Waals surface area contributed by atoms with Gasteiger partial charge in [-0.2, -0.15) is 0 Å². The van der Waals surface area contributed by atoms with Crippen LogP contribution in [0.1, 0.15) is 12.5 Å². The van der Waals surface area contributed by atoms with Crippen molar-refractivity contribution >= 4 is 34.8 Å². The second-order valence-electron chi connectivity index (χ2n) is 2.95. The summed E-state index contributed by atoms with van der Waals surface area (Å²) >= 11 is 17.8. The summed E-state index contributed by atoms with van der Waals surface area (Å²) in [6, 6.07) is 3.44. The largest absolute Gasteiger partial charge is 0.317 e. The van der Waals surface area contributed by atoms with Gasteiger partial charge in [-0.25, -0.2) is 0 Å². The fourth-order valence-electron chi connectivity index (χ4n) is 1.20. The summed E-state index contributed by atoms with van der Waals surface area (Å²) in [6.45, 7) is 3.88. The Kier molecular flexibility index (Phi) is 5.04. The zero-order valence-electron chi connectivity index (χ0n) is 7.91. The van der Waals surface area contributed by atoms with Crippen LogP contribution in [0.4, 0.5) is 0 Å². The molecule has 0 amide bonds. The molecule has 0 fully saturated rings. The Balaban J connectivity index is 2.75. The smallest absolute Gasteiger partial charge is 0.0468 e. The third kappa shape index (κ3) is 3.32. The monoisotopic (exact) mass is 251 g/mol. The highest BCUT2D eigenvalue weighted by Crippen LogP contribution is 2.28. The van der Waals surface area contributed by atoms with Crippen molar-refractivity contribution in [3.8, 4) is 0 Å². The van der Waals surface area contributed by atoms with Crippen molar-refractivity contribution in [1.29, 1.82) is 0 Å². The lowest BCUT2D eigenvalue weighted by atomic mass is 10.1. The minimum absolute atomic E-state index is 0.576. The molecule has 14 heavy (non-hydrogen) atoms. The summed E-state index contributed by atoms with van der Waals surface area (Å²) in [7, 11) is 0. The number of nitrogens with one attached hydrogen (secondary N) is 1. The van der Waals surface area contributed by atoms with Gasteiger partial charge in [0, 0.05) is 15.1 Å². The molecular formula is C10H12Cl3N. The van der Waals surface area contributed by atoms with Gasteiger partial charge < -0.3 is 5.32 Å². The number of likely N-dealkylation sites (N-methyl/N-ethyl adjacent to an activating group) is 1. The maximum Gasteiger partial charge on any atom is 0.0468 e. The van der Waals surface area contributed by atoms with Crippen molar-refractivity contribution < 1.29 is 0 Å². The molecule has 0 spiro atoms. The molecule has 0 atom stereocenters. The van der Waals surface area contributed by atoms with E-state index in [2.05, 4.69) is 12.2 Å². The van der Waals surface area contributed by atoms with E-state index in [1.54, 1.807) is 12.1 Å². The lowest BCUT2D eigenvalue weighted by molar-refractivity contribution is 0.717. The van der Waals surface area contributed by atoms with Crippen LogP contribution in [-0.2, 0) is 6.42 Å². The third-order valence-corrected chi connectivity index (χ3v) is 2.80. The predicted molar refractivity (Wildman–Crippen MR) is 63.7 cm³/mol. The van der Waals surface area contributed by atoms with E-state index < -0.39 is 0 Å². The van der Waals surface area contributed by atoms with Gasteiger partial charge in [-0.1, -0.05) is 41.7 Å². The molecule has 1 aromatic rings. The molecule has 0 radical (unpaired) electrons. The van der Waals surface area contributed by atoms with Gasteiger partial charge in [0.15, 0.2) is 0 Å². The van der Waals surface area contributed by atoms with E-state index in [4.69, 9.17) is 34.8 Å². The number of hydrogen-bond donors (Lipinski definition) is 1. The highest BCUT2D eigenvalue weighted by molar-refractivity contribution is 6.39. The van der Waals surface area contributed by atoms with Crippen molar-refractivity contribution in [1.82, 2.24) is 5.32 Å². The van der Waals surface area contributed by atoms with Crippen molar-refractivity contribution in [2.24, 2.45) is 0 Å². The molecule has 1 N–H and O–H groups in total. The molecule has 0 heterocycles. The maximum absolute atomic E-state index is 6.02. The number of hydrogen-bond acceptors (Lipinski definition) is 1. The van der Waals surface area contributed by atoms with Crippen LogP contribution in [0.3, 0.4) is 0 Å². The predicted octanol–water partition coefficient (Wildman–Crippen LogP) is 3.80. The molecule has 1 nitrogen and oxygen atoms in total. The lowest BCUT2D eigenvalue weighted by Crippen LogP contribution is -2.16. The summed E-state index contributed by atoms with van der Waals surface area (Å²) < 4.78 is 0. The summed E-state index contributed by atoms with van der Waals surface area (Å²) in [6.07, 6.45) is 0.822. The van der Waals surface area contributed by atoms with E-state index in [1.807, 2.05) is 0 Å². The summed E-state index contributed by atoms with van der Waals surface area (Å²) in [5, 5.41) is 5.07. The number of halogens is 3. The molecule has 0 aliphatic heterocycles. The van der Waals surface area contributed by atoms with Crippen LogP contribution in [0.2, 0.25) is 15.1 Å². The summed E-state index contributed by atoms with van der Waals surface area (Å²) in [4.78, 5) is 0. The normalized spacial score (nSPS) is 10.6. The van der Waals surface area contributed by atoms with Gasteiger partial charge in [0.05, 0.1) is 0 Å². The molecule has 0 unspecified atom stereocenters. The molecule has 0 aromatic heterocycles. The van der Waals surface area contributed by atoms with Crippen LogP contribution in [-0.4, -0.2) is 13.1 Å². The van der Waals surface area contributed by atoms with E-state index in [0.29, 0.717) is 15.1 Å². The number of benzene rings is 1. The van der Waals surface area contributed by atoms with Gasteiger partial charge in [0.25, 0.3) is 0 Å². The van der Waals surface area contributed by atoms with Crippen molar-refractivity contribution in [3.05, 3.63) is 32.8 Å². The first-order chi connectivity index (χ1) is 6.65. The molecule has 78 valence electrons. The van der Waals surface area contributed by atoms with Gasteiger partial charge in [-0.05, 0) is 37.2 Å². The molecule has 1 rings (SSSR count). The first-order valence-corrected chi connectivity index (χ1v) is 5.62. The third-order valence-electron chi connectivity index (χ3n) is 1.91. The Morgan fingerprint density at radius 3 is 2.21 bits per heavy atom. The highest BCUT2D eigenvalue weighted by Gasteiger charge is 2.06. The Bertz CT molecular complexity index is 289. The van der Waals surface area contributed by atoms with Gasteiger partial charge in [-0.15, -0.1) is 0 Å². The summed E-state index contributed by atoms with van der Waals surface area (Å²) in [5.74, 6) is 0. The first kappa shape index (κ1) is 12.1. The van der Waals surface area contributed by atoms with Crippen LogP contribution in [0.15, 0.2) is 12.1 Å². The van der Waals surface area contributed by atoms with E-state index in [-0.39, 0.29) is 0 Å². The standard InChI is InChI=1S/C10H12Cl3N/c1-2-14-4-3-8-9(12)5-7(11)6-10(8)13/h5-6,14H,2-4H2,1H3. The van der Waals surface area contributed by atoms with Gasteiger partial charge >= 0.3 is 0 Å². The average Bonchev–Trinajstić information content (AvgIpc) is 2.09. The first-order valence-electron chi connectivity index (χ1n) is 4.49. The highest BCUT2D eigenvalue weighted by atomic mass is 35.5. The average molecular weight is 253 g/mol. The van der Waals surface area contributed by atoms with Gasteiger partial charge in [-0.3, -0.25) is 0 Å². The fraction of sp³-hybridized carbons (Fsp3) is 0.400. The van der Waals surface area contributed by atoms with E-state index in [0.717, 1.165) is 25.1 Å². The topological polar surface area (TPSA) is 12.0 Å². The SMILES string of the molecule is CCNCCc1c(Cl)cc(Cl)cc1Cl. The maximum atomic E-state index is 6.02. The van der Waals surface area contributed by atoms with Crippen molar-refractivity contribution in [2.45, 2.75) is 13.3 Å². The van der Waals surface area contributed by atoms with Crippen LogP contribution >= 0.6 is 34.8 Å². The minimum Gasteiger partial charge on any atom is -0.317 e. The van der Waals surface area contributed by atoms with Gasteiger partial charge in [0.2, 0.25) is 0 Å². The van der Waals surface area contributed by atoms with E-state index in [1.165, 1.54) is 0 Å². The zero-order chi connectivity index (χ0) is 10.6.